The third kappa shape index (κ3) is 3.09. The van der Waals surface area contributed by atoms with Gasteiger partial charge in [0, 0.05) is 42.7 Å². The Kier molecular flexibility index (Phi) is 4.82. The molecule has 1 saturated heterocycles. The maximum absolute atomic E-state index is 4.32. The van der Waals surface area contributed by atoms with E-state index < -0.39 is 0 Å². The van der Waals surface area contributed by atoms with Gasteiger partial charge in [-0.25, -0.2) is 0 Å². The highest BCUT2D eigenvalue weighted by Gasteiger charge is 2.22. The Bertz CT molecular complexity index is 439. The number of hydrogen-bond donors (Lipinski definition) is 0. The summed E-state index contributed by atoms with van der Waals surface area (Å²) in [4.78, 5) is 5.96. The van der Waals surface area contributed by atoms with Crippen LogP contribution in [-0.4, -0.2) is 53.6 Å². The highest BCUT2D eigenvalue weighted by Crippen LogP contribution is 2.28. The van der Waals surface area contributed by atoms with Gasteiger partial charge in [-0.3, -0.25) is 4.90 Å². The van der Waals surface area contributed by atoms with E-state index in [-0.39, 0.29) is 0 Å². The molecule has 0 aliphatic carbocycles. The zero-order valence-electron chi connectivity index (χ0n) is 12.0. The van der Waals surface area contributed by atoms with Crippen LogP contribution in [0.15, 0.2) is 17.7 Å². The predicted molar refractivity (Wildman–Crippen MR) is 82.8 cm³/mol. The van der Waals surface area contributed by atoms with Crippen LogP contribution in [0.4, 0.5) is 5.82 Å². The van der Waals surface area contributed by atoms with E-state index in [4.69, 9.17) is 0 Å². The lowest BCUT2D eigenvalue weighted by Crippen LogP contribution is -2.49. The molecule has 0 saturated carbocycles. The molecule has 5 heteroatoms. The summed E-state index contributed by atoms with van der Waals surface area (Å²) in [6.07, 6.45) is 5.77. The molecule has 19 heavy (non-hydrogen) atoms. The van der Waals surface area contributed by atoms with Crippen molar-refractivity contribution in [1.29, 1.82) is 0 Å². The molecule has 0 radical (unpaired) electrons. The molecule has 0 amide bonds. The largest absolute Gasteiger partial charge is 0.352 e. The zero-order chi connectivity index (χ0) is 13.8. The first-order valence-corrected chi connectivity index (χ1v) is 7.91. The van der Waals surface area contributed by atoms with Crippen LogP contribution in [0, 0.1) is 0 Å². The highest BCUT2D eigenvalue weighted by molar-refractivity contribution is 7.98. The number of aromatic nitrogens is 2. The van der Waals surface area contributed by atoms with Gasteiger partial charge in [-0.05, 0) is 20.1 Å². The molecule has 0 atom stereocenters. The zero-order valence-corrected chi connectivity index (χ0v) is 12.8. The second kappa shape index (κ2) is 6.39. The molecule has 2 heterocycles. The minimum Gasteiger partial charge on any atom is -0.352 e. The van der Waals surface area contributed by atoms with Crippen molar-refractivity contribution in [2.45, 2.75) is 24.8 Å². The monoisotopic (exact) mass is 278 g/mol. The third-order valence-corrected chi connectivity index (χ3v) is 4.37. The van der Waals surface area contributed by atoms with Crippen LogP contribution in [0.25, 0.3) is 6.08 Å². The molecule has 0 N–H and O–H groups in total. The summed E-state index contributed by atoms with van der Waals surface area (Å²) in [7, 11) is 0. The quantitative estimate of drug-likeness (QED) is 0.790. The first-order chi connectivity index (χ1) is 9.17. The average Bonchev–Trinajstić information content (AvgIpc) is 2.46. The molecular formula is C14H22N4S. The van der Waals surface area contributed by atoms with E-state index in [0.717, 1.165) is 42.5 Å². The Labute approximate surface area is 119 Å². The van der Waals surface area contributed by atoms with Crippen molar-refractivity contribution in [3.63, 3.8) is 0 Å². The van der Waals surface area contributed by atoms with Gasteiger partial charge >= 0.3 is 0 Å². The van der Waals surface area contributed by atoms with Crippen molar-refractivity contribution in [3.8, 4) is 0 Å². The van der Waals surface area contributed by atoms with Crippen molar-refractivity contribution in [2.24, 2.45) is 0 Å². The first kappa shape index (κ1) is 14.3. The lowest BCUT2D eigenvalue weighted by Gasteiger charge is -2.37. The molecular weight excluding hydrogens is 256 g/mol. The molecule has 1 aliphatic heterocycles. The predicted octanol–water partition coefficient (Wildman–Crippen LogP) is 2.37. The maximum atomic E-state index is 4.32. The van der Waals surface area contributed by atoms with Gasteiger partial charge < -0.3 is 4.90 Å². The van der Waals surface area contributed by atoms with Gasteiger partial charge in [-0.2, -0.15) is 5.10 Å². The molecule has 104 valence electrons. The van der Waals surface area contributed by atoms with E-state index in [1.165, 1.54) is 0 Å². The summed E-state index contributed by atoms with van der Waals surface area (Å²) in [5, 5.41) is 8.44. The van der Waals surface area contributed by atoms with E-state index in [2.05, 4.69) is 46.7 Å². The Morgan fingerprint density at radius 2 is 2.00 bits per heavy atom. The average molecular weight is 278 g/mol. The van der Waals surface area contributed by atoms with E-state index in [9.17, 15) is 0 Å². The minimum atomic E-state index is 0.615. The SMILES string of the molecule is C=Cc1c(SC)cnnc1N1CCN(C(C)C)CC1. The van der Waals surface area contributed by atoms with Crippen molar-refractivity contribution in [2.75, 3.05) is 37.3 Å². The van der Waals surface area contributed by atoms with Gasteiger partial charge in [0.25, 0.3) is 0 Å². The summed E-state index contributed by atoms with van der Waals surface area (Å²) in [6.45, 7) is 12.6. The molecule has 0 unspecified atom stereocenters. The van der Waals surface area contributed by atoms with Crippen LogP contribution < -0.4 is 4.90 Å². The van der Waals surface area contributed by atoms with Crippen LogP contribution in [-0.2, 0) is 0 Å². The molecule has 0 aromatic carbocycles. The van der Waals surface area contributed by atoms with Crippen LogP contribution in [0.2, 0.25) is 0 Å². The standard InChI is InChI=1S/C14H22N4S/c1-5-12-13(19-4)10-15-16-14(12)18-8-6-17(7-9-18)11(2)3/h5,10-11H,1,6-9H2,2-4H3. The smallest absolute Gasteiger partial charge is 0.159 e. The van der Waals surface area contributed by atoms with Gasteiger partial charge in [-0.1, -0.05) is 12.7 Å². The van der Waals surface area contributed by atoms with Crippen molar-refractivity contribution in [3.05, 3.63) is 18.3 Å². The summed E-state index contributed by atoms with van der Waals surface area (Å²) >= 11 is 1.69. The van der Waals surface area contributed by atoms with E-state index >= 15 is 0 Å². The van der Waals surface area contributed by atoms with Crippen LogP contribution >= 0.6 is 11.8 Å². The second-order valence-electron chi connectivity index (χ2n) is 4.97. The molecule has 1 aromatic rings. The maximum Gasteiger partial charge on any atom is 0.159 e. The van der Waals surface area contributed by atoms with Crippen LogP contribution in [0.5, 0.6) is 0 Å². The van der Waals surface area contributed by atoms with Crippen molar-refractivity contribution >= 4 is 23.7 Å². The fourth-order valence-electron chi connectivity index (χ4n) is 2.41. The Morgan fingerprint density at radius 3 is 2.53 bits per heavy atom. The molecule has 4 nitrogen and oxygen atoms in total. The van der Waals surface area contributed by atoms with Gasteiger partial charge in [-0.15, -0.1) is 16.9 Å². The first-order valence-electron chi connectivity index (χ1n) is 6.68. The summed E-state index contributed by atoms with van der Waals surface area (Å²) in [5.74, 6) is 0.977. The topological polar surface area (TPSA) is 32.3 Å². The fraction of sp³-hybridized carbons (Fsp3) is 0.571. The minimum absolute atomic E-state index is 0.615. The molecule has 1 aromatic heterocycles. The van der Waals surface area contributed by atoms with Gasteiger partial charge in [0.15, 0.2) is 5.82 Å². The van der Waals surface area contributed by atoms with E-state index in [1.807, 2.05) is 12.3 Å². The van der Waals surface area contributed by atoms with E-state index in [0.29, 0.717) is 6.04 Å². The molecule has 2 rings (SSSR count). The summed E-state index contributed by atoms with van der Waals surface area (Å²) in [5.41, 5.74) is 1.11. The molecule has 0 spiro atoms. The van der Waals surface area contributed by atoms with Crippen molar-refractivity contribution < 1.29 is 0 Å². The molecule has 0 bridgehead atoms. The number of nitrogens with zero attached hydrogens (tertiary/aromatic N) is 4. The number of hydrogen-bond acceptors (Lipinski definition) is 5. The fourth-order valence-corrected chi connectivity index (χ4v) is 2.95. The molecule has 1 aliphatic rings. The Morgan fingerprint density at radius 1 is 1.32 bits per heavy atom. The Balaban J connectivity index is 2.17. The Hall–Kier alpha value is -1.07. The third-order valence-electron chi connectivity index (χ3n) is 3.60. The highest BCUT2D eigenvalue weighted by atomic mass is 32.2. The number of anilines is 1. The lowest BCUT2D eigenvalue weighted by molar-refractivity contribution is 0.209. The lowest BCUT2D eigenvalue weighted by atomic mass is 10.2. The van der Waals surface area contributed by atoms with Crippen LogP contribution in [0.3, 0.4) is 0 Å². The van der Waals surface area contributed by atoms with Gasteiger partial charge in [0.1, 0.15) is 0 Å². The number of piperazine rings is 1. The van der Waals surface area contributed by atoms with Gasteiger partial charge in [0.05, 0.1) is 6.20 Å². The summed E-state index contributed by atoms with van der Waals surface area (Å²) in [6, 6.07) is 0.615. The summed E-state index contributed by atoms with van der Waals surface area (Å²) < 4.78 is 0. The van der Waals surface area contributed by atoms with Gasteiger partial charge in [0.2, 0.25) is 0 Å². The molecule has 1 fully saturated rings. The van der Waals surface area contributed by atoms with Crippen LogP contribution in [0.1, 0.15) is 19.4 Å². The number of thioether (sulfide) groups is 1. The van der Waals surface area contributed by atoms with Crippen molar-refractivity contribution in [1.82, 2.24) is 15.1 Å². The van der Waals surface area contributed by atoms with E-state index in [1.54, 1.807) is 11.8 Å². The normalized spacial score (nSPS) is 16.9. The number of rotatable bonds is 4. The second-order valence-corrected chi connectivity index (χ2v) is 5.82.